The van der Waals surface area contributed by atoms with Gasteiger partial charge in [0.05, 0.1) is 37.4 Å². The summed E-state index contributed by atoms with van der Waals surface area (Å²) in [5.74, 6) is -4.31. The van der Waals surface area contributed by atoms with E-state index >= 15 is 8.78 Å². The van der Waals surface area contributed by atoms with Gasteiger partial charge in [-0.05, 0) is 56.0 Å². The molecule has 0 bridgehead atoms. The summed E-state index contributed by atoms with van der Waals surface area (Å²) in [5, 5.41) is 0.931. The summed E-state index contributed by atoms with van der Waals surface area (Å²) in [4.78, 5) is 39.2. The molecule has 0 saturated heterocycles. The highest BCUT2D eigenvalue weighted by molar-refractivity contribution is 6.39. The maximum atomic E-state index is 15.1. The Morgan fingerprint density at radius 2 is 1.49 bits per heavy atom. The monoisotopic (exact) mass is 483 g/mol. The van der Waals surface area contributed by atoms with Crippen LogP contribution in [0.1, 0.15) is 47.1 Å². The second kappa shape index (κ2) is 9.69. The molecule has 0 fully saturated rings. The van der Waals surface area contributed by atoms with E-state index in [2.05, 4.69) is 0 Å². The highest BCUT2D eigenvalue weighted by Crippen LogP contribution is 2.43. The van der Waals surface area contributed by atoms with Gasteiger partial charge in [-0.2, -0.15) is 0 Å². The fourth-order valence-electron chi connectivity index (χ4n) is 4.20. The predicted octanol–water partition coefficient (Wildman–Crippen LogP) is 4.82. The lowest BCUT2D eigenvalue weighted by atomic mass is 9.98. The number of nitrogens with zero attached hydrogens (tertiary/aromatic N) is 1. The minimum atomic E-state index is -1.16. The fourth-order valence-corrected chi connectivity index (χ4v) is 4.20. The summed E-state index contributed by atoms with van der Waals surface area (Å²) in [6.07, 6.45) is -0.360. The third-order valence-corrected chi connectivity index (χ3v) is 5.48. The predicted molar refractivity (Wildman–Crippen MR) is 124 cm³/mol. The van der Waals surface area contributed by atoms with Gasteiger partial charge in [0, 0.05) is 5.39 Å². The molecule has 3 aromatic carbocycles. The largest absolute Gasteiger partial charge is 0.493 e. The minimum absolute atomic E-state index is 0.0119. The summed E-state index contributed by atoms with van der Waals surface area (Å²) in [6, 6.07) is 8.53. The molecule has 0 atom stereocenters. The SMILES string of the molecule is CCOC(=O)Cc1cc(F)c(N2C(=O)c3c(OCC)cc4cccc(OCC)c4c3C2=O)c(F)c1. The Hall–Kier alpha value is -4.01. The van der Waals surface area contributed by atoms with Gasteiger partial charge >= 0.3 is 5.97 Å². The van der Waals surface area contributed by atoms with Gasteiger partial charge in [-0.25, -0.2) is 13.7 Å². The molecule has 0 aromatic heterocycles. The lowest BCUT2D eigenvalue weighted by Gasteiger charge is -2.17. The van der Waals surface area contributed by atoms with Crippen molar-refractivity contribution >= 4 is 34.2 Å². The maximum absolute atomic E-state index is 15.1. The molecule has 0 aliphatic carbocycles. The molecule has 0 N–H and O–H groups in total. The highest BCUT2D eigenvalue weighted by Gasteiger charge is 2.44. The fraction of sp³-hybridized carbons (Fsp3) is 0.269. The van der Waals surface area contributed by atoms with Crippen molar-refractivity contribution in [3.05, 3.63) is 64.7 Å². The number of rotatable bonds is 8. The van der Waals surface area contributed by atoms with E-state index in [9.17, 15) is 14.4 Å². The number of halogens is 2. The maximum Gasteiger partial charge on any atom is 0.310 e. The number of carbonyl (C=O) groups is 3. The van der Waals surface area contributed by atoms with Crippen molar-refractivity contribution in [1.82, 2.24) is 0 Å². The van der Waals surface area contributed by atoms with Crippen LogP contribution in [0.3, 0.4) is 0 Å². The number of esters is 1. The van der Waals surface area contributed by atoms with E-state index in [1.165, 1.54) is 0 Å². The molecule has 0 spiro atoms. The summed E-state index contributed by atoms with van der Waals surface area (Å²) in [6.45, 7) is 5.73. The van der Waals surface area contributed by atoms with E-state index in [-0.39, 0.29) is 42.1 Å². The highest BCUT2D eigenvalue weighted by atomic mass is 19.1. The Kier molecular flexibility index (Phi) is 6.68. The molecule has 35 heavy (non-hydrogen) atoms. The molecule has 1 aliphatic heterocycles. The molecule has 0 saturated carbocycles. The van der Waals surface area contributed by atoms with Gasteiger partial charge < -0.3 is 14.2 Å². The number of ether oxygens (including phenoxy) is 3. The van der Waals surface area contributed by atoms with Crippen LogP contribution >= 0.6 is 0 Å². The van der Waals surface area contributed by atoms with Gasteiger partial charge in [-0.3, -0.25) is 14.4 Å². The first-order chi connectivity index (χ1) is 16.8. The summed E-state index contributed by atoms with van der Waals surface area (Å²) in [5.41, 5.74) is -0.952. The number of imide groups is 1. The number of benzene rings is 3. The van der Waals surface area contributed by atoms with Crippen LogP contribution in [-0.4, -0.2) is 37.6 Å². The van der Waals surface area contributed by atoms with Crippen LogP contribution in [0.4, 0.5) is 14.5 Å². The summed E-state index contributed by atoms with van der Waals surface area (Å²) >= 11 is 0. The quantitative estimate of drug-likeness (QED) is 0.338. The molecule has 1 heterocycles. The van der Waals surface area contributed by atoms with Gasteiger partial charge in [0.1, 0.15) is 17.2 Å². The Bertz CT molecular complexity index is 1330. The van der Waals surface area contributed by atoms with Crippen molar-refractivity contribution in [3.63, 3.8) is 0 Å². The standard InChI is InChI=1S/C26H23F2NO6/c1-4-33-18-9-7-8-15-13-19(34-5-2)22-23(21(15)18)26(32)29(25(22)31)24-16(27)10-14(11-17(24)28)12-20(30)35-6-3/h7-11,13H,4-6,12H2,1-3H3. The van der Waals surface area contributed by atoms with Crippen LogP contribution in [0.2, 0.25) is 0 Å². The van der Waals surface area contributed by atoms with E-state index in [1.54, 1.807) is 45.0 Å². The van der Waals surface area contributed by atoms with E-state index < -0.39 is 35.1 Å². The zero-order chi connectivity index (χ0) is 25.3. The van der Waals surface area contributed by atoms with Gasteiger partial charge in [0.25, 0.3) is 11.8 Å². The molecule has 7 nitrogen and oxygen atoms in total. The molecule has 2 amide bonds. The van der Waals surface area contributed by atoms with E-state index in [4.69, 9.17) is 14.2 Å². The van der Waals surface area contributed by atoms with Crippen molar-refractivity contribution in [3.8, 4) is 11.5 Å². The van der Waals surface area contributed by atoms with Crippen LogP contribution in [-0.2, 0) is 16.0 Å². The Morgan fingerprint density at radius 1 is 0.857 bits per heavy atom. The zero-order valence-corrected chi connectivity index (χ0v) is 19.4. The van der Waals surface area contributed by atoms with Crippen molar-refractivity contribution < 1.29 is 37.4 Å². The molecule has 9 heteroatoms. The molecule has 3 aromatic rings. The molecule has 1 aliphatic rings. The average Bonchev–Trinajstić information content (AvgIpc) is 3.05. The number of hydrogen-bond acceptors (Lipinski definition) is 6. The average molecular weight is 483 g/mol. The van der Waals surface area contributed by atoms with Crippen LogP contribution in [0.5, 0.6) is 11.5 Å². The second-order valence-corrected chi connectivity index (χ2v) is 7.68. The van der Waals surface area contributed by atoms with E-state index in [0.29, 0.717) is 28.0 Å². The van der Waals surface area contributed by atoms with Crippen LogP contribution < -0.4 is 14.4 Å². The Balaban J connectivity index is 1.88. The second-order valence-electron chi connectivity index (χ2n) is 7.68. The van der Waals surface area contributed by atoms with Gasteiger partial charge in [0.2, 0.25) is 0 Å². The van der Waals surface area contributed by atoms with Crippen LogP contribution in [0.25, 0.3) is 10.8 Å². The first-order valence-electron chi connectivity index (χ1n) is 11.2. The minimum Gasteiger partial charge on any atom is -0.493 e. The third-order valence-electron chi connectivity index (χ3n) is 5.48. The molecular formula is C26H23F2NO6. The van der Waals surface area contributed by atoms with Gasteiger partial charge in [-0.1, -0.05) is 12.1 Å². The van der Waals surface area contributed by atoms with Gasteiger partial charge in [-0.15, -0.1) is 0 Å². The first-order valence-corrected chi connectivity index (χ1v) is 11.2. The number of amides is 2. The summed E-state index contributed by atoms with van der Waals surface area (Å²) in [7, 11) is 0. The lowest BCUT2D eigenvalue weighted by Crippen LogP contribution is -2.31. The van der Waals surface area contributed by atoms with Crippen molar-refractivity contribution in [2.45, 2.75) is 27.2 Å². The number of fused-ring (bicyclic) bond motifs is 3. The molecular weight excluding hydrogens is 460 g/mol. The number of anilines is 1. The third kappa shape index (κ3) is 4.18. The van der Waals surface area contributed by atoms with Crippen molar-refractivity contribution in [2.24, 2.45) is 0 Å². The normalized spacial score (nSPS) is 12.8. The van der Waals surface area contributed by atoms with Crippen molar-refractivity contribution in [2.75, 3.05) is 24.7 Å². The molecule has 0 unspecified atom stereocenters. The summed E-state index contributed by atoms with van der Waals surface area (Å²) < 4.78 is 46.4. The zero-order valence-electron chi connectivity index (χ0n) is 19.4. The lowest BCUT2D eigenvalue weighted by molar-refractivity contribution is -0.142. The smallest absolute Gasteiger partial charge is 0.310 e. The van der Waals surface area contributed by atoms with Crippen molar-refractivity contribution in [1.29, 1.82) is 0 Å². The van der Waals surface area contributed by atoms with Crippen LogP contribution in [0, 0.1) is 11.6 Å². The number of carbonyl (C=O) groups excluding carboxylic acids is 3. The van der Waals surface area contributed by atoms with E-state index in [1.807, 2.05) is 0 Å². The molecule has 182 valence electrons. The number of hydrogen-bond donors (Lipinski definition) is 0. The van der Waals surface area contributed by atoms with Gasteiger partial charge in [0.15, 0.2) is 11.6 Å². The Labute approximate surface area is 200 Å². The van der Waals surface area contributed by atoms with E-state index in [0.717, 1.165) is 12.1 Å². The topological polar surface area (TPSA) is 82.1 Å². The van der Waals surface area contributed by atoms with Crippen LogP contribution in [0.15, 0.2) is 36.4 Å². The Morgan fingerprint density at radius 3 is 2.11 bits per heavy atom. The first kappa shape index (κ1) is 24.1. The molecule has 0 radical (unpaired) electrons. The molecule has 4 rings (SSSR count).